The van der Waals surface area contributed by atoms with Crippen LogP contribution in [-0.4, -0.2) is 24.6 Å². The quantitative estimate of drug-likeness (QED) is 0.185. The van der Waals surface area contributed by atoms with E-state index in [0.29, 0.717) is 0 Å². The van der Waals surface area contributed by atoms with Crippen molar-refractivity contribution in [2.24, 2.45) is 11.8 Å². The number of hydrogen-bond acceptors (Lipinski definition) is 0. The number of allylic oxidation sites excluding steroid dienone is 2. The summed E-state index contributed by atoms with van der Waals surface area (Å²) in [7, 11) is -0.0752. The van der Waals surface area contributed by atoms with E-state index in [9.17, 15) is 0 Å². The number of rotatable bonds is 14. The first kappa shape index (κ1) is 35.4. The molecule has 0 heterocycles. The fourth-order valence-corrected chi connectivity index (χ4v) is 23.4. The molecule has 0 radical (unpaired) electrons. The molecular formula is C34H48Cl2HfP2. The monoisotopic (exact) mass is 768 g/mol. The Bertz CT molecular complexity index is 1080. The third kappa shape index (κ3) is 9.11. The molecule has 2 aliphatic rings. The molecule has 2 aromatic rings. The Labute approximate surface area is 266 Å². The van der Waals surface area contributed by atoms with Gasteiger partial charge in [0.05, 0.1) is 0 Å². The summed E-state index contributed by atoms with van der Waals surface area (Å²) in [4.78, 5) is 0. The number of hydrogen-bond donors (Lipinski definition) is 0. The average molecular weight is 768 g/mol. The Morgan fingerprint density at radius 3 is 1.46 bits per heavy atom. The van der Waals surface area contributed by atoms with E-state index in [1.807, 2.05) is 10.6 Å². The molecule has 212 valence electrons. The molecule has 0 amide bonds. The van der Waals surface area contributed by atoms with Gasteiger partial charge in [-0.2, -0.15) is 0 Å². The van der Waals surface area contributed by atoms with E-state index in [1.165, 1.54) is 50.3 Å². The number of benzene rings is 2. The van der Waals surface area contributed by atoms with Gasteiger partial charge >= 0.3 is 243 Å². The molecular weight excluding hydrogens is 720 g/mol. The maximum absolute atomic E-state index is 2.69. The molecule has 2 unspecified atom stereocenters. The second-order valence-corrected chi connectivity index (χ2v) is 22.0. The van der Waals surface area contributed by atoms with E-state index < -0.39 is 22.9 Å². The molecule has 2 aromatic carbocycles. The molecule has 0 aromatic heterocycles. The van der Waals surface area contributed by atoms with Gasteiger partial charge in [-0.05, 0) is 0 Å². The molecule has 39 heavy (non-hydrogen) atoms. The Balaban J connectivity index is 0.00000267. The topological polar surface area (TPSA) is 0 Å². The van der Waals surface area contributed by atoms with Gasteiger partial charge in [-0.1, -0.05) is 0 Å². The van der Waals surface area contributed by atoms with Crippen LogP contribution in [0, 0.1) is 11.8 Å². The van der Waals surface area contributed by atoms with Gasteiger partial charge in [0.1, 0.15) is 0 Å². The van der Waals surface area contributed by atoms with E-state index in [1.54, 1.807) is 22.3 Å². The van der Waals surface area contributed by atoms with E-state index in [4.69, 9.17) is 0 Å². The van der Waals surface area contributed by atoms with Crippen molar-refractivity contribution in [1.29, 1.82) is 0 Å². The van der Waals surface area contributed by atoms with Gasteiger partial charge in [0.15, 0.2) is 0 Å². The maximum Gasteiger partial charge on any atom is -1.00 e. The third-order valence-electron chi connectivity index (χ3n) is 7.61. The molecule has 4 rings (SSSR count). The van der Waals surface area contributed by atoms with E-state index >= 15 is 0 Å². The van der Waals surface area contributed by atoms with Gasteiger partial charge in [0, 0.05) is 0 Å². The number of fused-ring (bicyclic) bond motifs is 2. The summed E-state index contributed by atoms with van der Waals surface area (Å²) < 4.78 is 1.55. The van der Waals surface area contributed by atoms with Crippen LogP contribution in [0.4, 0.5) is 0 Å². The third-order valence-corrected chi connectivity index (χ3v) is 22.5. The first-order valence-corrected chi connectivity index (χ1v) is 22.4. The normalized spacial score (nSPS) is 17.5. The summed E-state index contributed by atoms with van der Waals surface area (Å²) in [6.45, 7) is 14.5. The van der Waals surface area contributed by atoms with Gasteiger partial charge in [-0.3, -0.25) is 0 Å². The van der Waals surface area contributed by atoms with Crippen LogP contribution < -0.4 is 24.8 Å². The summed E-state index contributed by atoms with van der Waals surface area (Å²) >= 11 is -1.14. The Morgan fingerprint density at radius 2 is 1.05 bits per heavy atom. The van der Waals surface area contributed by atoms with Crippen molar-refractivity contribution < 1.29 is 47.7 Å². The molecule has 0 saturated heterocycles. The van der Waals surface area contributed by atoms with E-state index in [2.05, 4.69) is 102 Å². The second kappa shape index (κ2) is 17.4. The Kier molecular flexibility index (Phi) is 15.8. The zero-order valence-corrected chi connectivity index (χ0v) is 31.8. The molecule has 0 aliphatic heterocycles. The van der Waals surface area contributed by atoms with Crippen molar-refractivity contribution in [1.82, 2.24) is 0 Å². The average Bonchev–Trinajstić information content (AvgIpc) is 3.42. The Morgan fingerprint density at radius 1 is 0.641 bits per heavy atom. The van der Waals surface area contributed by atoms with Crippen molar-refractivity contribution in [2.45, 2.75) is 74.6 Å². The van der Waals surface area contributed by atoms with Crippen molar-refractivity contribution in [3.63, 3.8) is 0 Å². The molecule has 0 bridgehead atoms. The van der Waals surface area contributed by atoms with Gasteiger partial charge in [-0.25, -0.2) is 0 Å². The summed E-state index contributed by atoms with van der Waals surface area (Å²) in [6, 6.07) is 19.0. The predicted octanol–water partition coefficient (Wildman–Crippen LogP) is 5.14. The molecule has 0 saturated carbocycles. The first-order chi connectivity index (χ1) is 17.9. The number of unbranched alkanes of at least 4 members (excludes halogenated alkanes) is 2. The molecule has 0 nitrogen and oxygen atoms in total. The first-order valence-electron chi connectivity index (χ1n) is 14.8. The van der Waals surface area contributed by atoms with Gasteiger partial charge in [-0.15, -0.1) is 0 Å². The standard InChI is InChI=1S/2C17H24P.2ClH.Hf/c1-13(2)11-18(12-14(3)4)17-9-15-7-5-6-8-16(15)10-17;1-3-5-11-18(12-6-4-2)17-13-15-9-7-8-10-16(15)14-17;;;/h5-10,13-14H,11-12H2,1-4H3;7-10,13-14H,3-6,11-12H2,1-2H3;2*1H;/q;;;;+2/p-2. The minimum absolute atomic E-state index is 0. The predicted molar refractivity (Wildman–Crippen MR) is 167 cm³/mol. The number of halogens is 2. The second-order valence-electron chi connectivity index (χ2n) is 11.8. The maximum atomic E-state index is 2.69. The summed E-state index contributed by atoms with van der Waals surface area (Å²) in [5, 5.41) is 3.79. The van der Waals surface area contributed by atoms with Gasteiger partial charge in [0.2, 0.25) is 0 Å². The minimum atomic E-state index is -1.14. The van der Waals surface area contributed by atoms with Crippen molar-refractivity contribution in [2.75, 3.05) is 24.6 Å². The van der Waals surface area contributed by atoms with E-state index in [-0.39, 0.29) is 40.7 Å². The Hall–Kier alpha value is 0.230. The van der Waals surface area contributed by atoms with Crippen LogP contribution in [0.1, 0.15) is 96.8 Å². The van der Waals surface area contributed by atoms with Crippen molar-refractivity contribution in [3.8, 4) is 0 Å². The molecule has 0 N–H and O–H groups in total. The summed E-state index contributed by atoms with van der Waals surface area (Å²) in [5.41, 5.74) is 6.49. The minimum Gasteiger partial charge on any atom is -1.00 e. The molecule has 2 atom stereocenters. The van der Waals surface area contributed by atoms with Crippen LogP contribution in [0.5, 0.6) is 0 Å². The summed E-state index contributed by atoms with van der Waals surface area (Å²) in [6.07, 6.45) is 16.5. The zero-order chi connectivity index (χ0) is 26.4. The SMILES string of the molecule is CCCCP(CCCC)C1=Cc2ccccc2[CH]1[Hf+2][CH]1C(P(CC(C)C)CC(C)C)=Cc2ccccc21.[Cl-].[Cl-]. The smallest absolute Gasteiger partial charge is 1.00 e. The molecule has 5 heteroatoms. The molecule has 0 fully saturated rings. The van der Waals surface area contributed by atoms with Crippen LogP contribution in [0.2, 0.25) is 0 Å². The van der Waals surface area contributed by atoms with Crippen molar-refractivity contribution >= 4 is 28.0 Å². The molecule has 0 spiro atoms. The van der Waals surface area contributed by atoms with Crippen LogP contribution >= 0.6 is 15.8 Å². The largest absolute Gasteiger partial charge is 1.00 e. The van der Waals surface area contributed by atoms with Crippen LogP contribution in [0.25, 0.3) is 12.2 Å². The fraction of sp³-hybridized carbons (Fsp3) is 0.529. The van der Waals surface area contributed by atoms with E-state index in [0.717, 1.165) is 19.2 Å². The zero-order valence-electron chi connectivity index (χ0n) is 24.9. The molecule has 2 aliphatic carbocycles. The van der Waals surface area contributed by atoms with Crippen LogP contribution in [0.3, 0.4) is 0 Å². The summed E-state index contributed by atoms with van der Waals surface area (Å²) in [5.74, 6) is 1.56. The van der Waals surface area contributed by atoms with Crippen LogP contribution in [-0.2, 0) is 22.9 Å². The fourth-order valence-electron chi connectivity index (χ4n) is 5.91. The van der Waals surface area contributed by atoms with Gasteiger partial charge in [0.25, 0.3) is 0 Å². The van der Waals surface area contributed by atoms with Crippen molar-refractivity contribution in [3.05, 3.63) is 81.4 Å². The van der Waals surface area contributed by atoms with Crippen LogP contribution in [0.15, 0.2) is 59.2 Å². The van der Waals surface area contributed by atoms with Gasteiger partial charge < -0.3 is 24.8 Å².